The fourth-order valence-electron chi connectivity index (χ4n) is 3.84. The number of para-hydroxylation sites is 1. The SMILES string of the molecule is C=CCc1cc(CNC(=NC)NC2CCN(c3ccccc3)C2)cc(OC)c1OC. The summed E-state index contributed by atoms with van der Waals surface area (Å²) in [7, 11) is 5.12. The van der Waals surface area contributed by atoms with Gasteiger partial charge in [-0.3, -0.25) is 4.99 Å². The number of nitrogens with one attached hydrogen (secondary N) is 2. The minimum Gasteiger partial charge on any atom is -0.493 e. The number of benzene rings is 2. The molecule has 2 aromatic carbocycles. The van der Waals surface area contributed by atoms with Crippen LogP contribution >= 0.6 is 0 Å². The third kappa shape index (κ3) is 5.26. The Labute approximate surface area is 179 Å². The summed E-state index contributed by atoms with van der Waals surface area (Å²) in [5.74, 6) is 2.29. The van der Waals surface area contributed by atoms with E-state index in [2.05, 4.69) is 63.5 Å². The van der Waals surface area contributed by atoms with Crippen LogP contribution in [-0.4, -0.2) is 46.4 Å². The molecule has 0 spiro atoms. The summed E-state index contributed by atoms with van der Waals surface area (Å²) < 4.78 is 11.0. The second-order valence-corrected chi connectivity index (χ2v) is 7.32. The van der Waals surface area contributed by atoms with Crippen LogP contribution in [0.3, 0.4) is 0 Å². The highest BCUT2D eigenvalue weighted by Crippen LogP contribution is 2.33. The lowest BCUT2D eigenvalue weighted by Crippen LogP contribution is -2.44. The summed E-state index contributed by atoms with van der Waals surface area (Å²) in [4.78, 5) is 6.81. The monoisotopic (exact) mass is 408 g/mol. The van der Waals surface area contributed by atoms with Gasteiger partial charge < -0.3 is 25.0 Å². The number of allylic oxidation sites excluding steroid dienone is 1. The Morgan fingerprint density at radius 3 is 2.70 bits per heavy atom. The van der Waals surface area contributed by atoms with Gasteiger partial charge in [-0.05, 0) is 42.7 Å². The first kappa shape index (κ1) is 21.6. The van der Waals surface area contributed by atoms with Crippen molar-refractivity contribution in [3.8, 4) is 11.5 Å². The molecule has 3 rings (SSSR count). The van der Waals surface area contributed by atoms with Crippen LogP contribution in [0.4, 0.5) is 5.69 Å². The zero-order valence-corrected chi connectivity index (χ0v) is 18.1. The van der Waals surface area contributed by atoms with Gasteiger partial charge in [0.05, 0.1) is 14.2 Å². The lowest BCUT2D eigenvalue weighted by atomic mass is 10.1. The van der Waals surface area contributed by atoms with Crippen molar-refractivity contribution in [2.24, 2.45) is 4.99 Å². The fourth-order valence-corrected chi connectivity index (χ4v) is 3.84. The molecule has 6 nitrogen and oxygen atoms in total. The first-order chi connectivity index (χ1) is 14.7. The number of guanidine groups is 1. The largest absolute Gasteiger partial charge is 0.493 e. The standard InChI is InChI=1S/C24H32N4O2/c1-5-9-19-14-18(15-22(29-3)23(19)30-4)16-26-24(25-2)27-20-12-13-28(17-20)21-10-7-6-8-11-21/h5-8,10-11,14-15,20H,1,9,12-13,16-17H2,2-4H3,(H2,25,26,27). The first-order valence-corrected chi connectivity index (χ1v) is 10.3. The first-order valence-electron chi connectivity index (χ1n) is 10.3. The maximum Gasteiger partial charge on any atom is 0.191 e. The summed E-state index contributed by atoms with van der Waals surface area (Å²) in [6.07, 6.45) is 3.67. The second kappa shape index (κ2) is 10.6. The minimum absolute atomic E-state index is 0.359. The Bertz CT molecular complexity index is 867. The molecular formula is C24H32N4O2. The number of ether oxygens (including phenoxy) is 2. The van der Waals surface area contributed by atoms with E-state index < -0.39 is 0 Å². The van der Waals surface area contributed by atoms with Crippen LogP contribution < -0.4 is 25.0 Å². The maximum atomic E-state index is 5.52. The molecule has 1 heterocycles. The predicted octanol–water partition coefficient (Wildman–Crippen LogP) is 3.38. The zero-order chi connectivity index (χ0) is 21.3. The Balaban J connectivity index is 1.60. The molecule has 0 radical (unpaired) electrons. The molecule has 1 atom stereocenters. The highest BCUT2D eigenvalue weighted by atomic mass is 16.5. The van der Waals surface area contributed by atoms with E-state index in [1.807, 2.05) is 12.1 Å². The van der Waals surface area contributed by atoms with E-state index in [1.165, 1.54) is 5.69 Å². The third-order valence-corrected chi connectivity index (χ3v) is 5.31. The van der Waals surface area contributed by atoms with Crippen LogP contribution in [0.15, 0.2) is 60.1 Å². The van der Waals surface area contributed by atoms with E-state index in [9.17, 15) is 0 Å². The Kier molecular flexibility index (Phi) is 7.60. The molecule has 1 aliphatic heterocycles. The molecular weight excluding hydrogens is 376 g/mol. The lowest BCUT2D eigenvalue weighted by molar-refractivity contribution is 0.352. The van der Waals surface area contributed by atoms with Gasteiger partial charge in [0, 0.05) is 44.0 Å². The van der Waals surface area contributed by atoms with Crippen molar-refractivity contribution in [2.45, 2.75) is 25.4 Å². The van der Waals surface area contributed by atoms with Gasteiger partial charge in [0.1, 0.15) is 0 Å². The Morgan fingerprint density at radius 1 is 1.23 bits per heavy atom. The number of hydrogen-bond donors (Lipinski definition) is 2. The molecule has 0 amide bonds. The molecule has 2 N–H and O–H groups in total. The van der Waals surface area contributed by atoms with Crippen LogP contribution in [0.25, 0.3) is 0 Å². The van der Waals surface area contributed by atoms with Crippen molar-refractivity contribution < 1.29 is 9.47 Å². The van der Waals surface area contributed by atoms with Gasteiger partial charge in [-0.1, -0.05) is 24.3 Å². The smallest absolute Gasteiger partial charge is 0.191 e. The van der Waals surface area contributed by atoms with E-state index in [0.29, 0.717) is 12.6 Å². The van der Waals surface area contributed by atoms with E-state index in [0.717, 1.165) is 54.5 Å². The van der Waals surface area contributed by atoms with Crippen LogP contribution in [0.1, 0.15) is 17.5 Å². The normalized spacial score (nSPS) is 16.3. The average Bonchev–Trinajstić information content (AvgIpc) is 3.25. The molecule has 2 aromatic rings. The number of nitrogens with zero attached hydrogens (tertiary/aromatic N) is 2. The van der Waals surface area contributed by atoms with E-state index >= 15 is 0 Å². The molecule has 0 aromatic heterocycles. The van der Waals surface area contributed by atoms with Crippen molar-refractivity contribution in [3.05, 3.63) is 66.2 Å². The second-order valence-electron chi connectivity index (χ2n) is 7.32. The van der Waals surface area contributed by atoms with E-state index in [4.69, 9.17) is 9.47 Å². The van der Waals surface area contributed by atoms with E-state index in [1.54, 1.807) is 21.3 Å². The van der Waals surface area contributed by atoms with Crippen LogP contribution in [-0.2, 0) is 13.0 Å². The Hall–Kier alpha value is -3.15. The van der Waals surface area contributed by atoms with Crippen LogP contribution in [0.2, 0.25) is 0 Å². The van der Waals surface area contributed by atoms with Crippen molar-refractivity contribution in [1.29, 1.82) is 0 Å². The van der Waals surface area contributed by atoms with Gasteiger partial charge in [0.15, 0.2) is 17.5 Å². The summed E-state index contributed by atoms with van der Waals surface area (Å²) >= 11 is 0. The summed E-state index contributed by atoms with van der Waals surface area (Å²) in [5, 5.41) is 6.98. The highest BCUT2D eigenvalue weighted by Gasteiger charge is 2.23. The molecule has 160 valence electrons. The highest BCUT2D eigenvalue weighted by molar-refractivity contribution is 5.80. The van der Waals surface area contributed by atoms with Gasteiger partial charge in [0.2, 0.25) is 0 Å². The van der Waals surface area contributed by atoms with Gasteiger partial charge in [0.25, 0.3) is 0 Å². The topological polar surface area (TPSA) is 58.1 Å². The summed E-state index contributed by atoms with van der Waals surface area (Å²) in [6, 6.07) is 15.0. The van der Waals surface area contributed by atoms with Crippen molar-refractivity contribution in [1.82, 2.24) is 10.6 Å². The number of aliphatic imine (C=N–C) groups is 1. The van der Waals surface area contributed by atoms with Crippen LogP contribution in [0, 0.1) is 0 Å². The number of rotatable bonds is 8. The Morgan fingerprint density at radius 2 is 2.03 bits per heavy atom. The molecule has 6 heteroatoms. The van der Waals surface area contributed by atoms with Crippen molar-refractivity contribution in [3.63, 3.8) is 0 Å². The van der Waals surface area contributed by atoms with Gasteiger partial charge in [-0.15, -0.1) is 6.58 Å². The number of methoxy groups -OCH3 is 2. The molecule has 0 aliphatic carbocycles. The quantitative estimate of drug-likeness (QED) is 0.398. The third-order valence-electron chi connectivity index (χ3n) is 5.31. The zero-order valence-electron chi connectivity index (χ0n) is 18.1. The predicted molar refractivity (Wildman–Crippen MR) is 124 cm³/mol. The van der Waals surface area contributed by atoms with Gasteiger partial charge in [-0.25, -0.2) is 0 Å². The molecule has 0 bridgehead atoms. The van der Waals surface area contributed by atoms with E-state index in [-0.39, 0.29) is 0 Å². The fraction of sp³-hybridized carbons (Fsp3) is 0.375. The van der Waals surface area contributed by atoms with Crippen molar-refractivity contribution >= 4 is 11.6 Å². The summed E-state index contributed by atoms with van der Waals surface area (Å²) in [6.45, 7) is 6.49. The average molecular weight is 409 g/mol. The molecule has 30 heavy (non-hydrogen) atoms. The van der Waals surface area contributed by atoms with Gasteiger partial charge in [-0.2, -0.15) is 0 Å². The maximum absolute atomic E-state index is 5.52. The summed E-state index contributed by atoms with van der Waals surface area (Å²) in [5.41, 5.74) is 3.43. The molecule has 0 saturated carbocycles. The lowest BCUT2D eigenvalue weighted by Gasteiger charge is -2.20. The molecule has 1 saturated heterocycles. The molecule has 1 aliphatic rings. The van der Waals surface area contributed by atoms with Gasteiger partial charge >= 0.3 is 0 Å². The van der Waals surface area contributed by atoms with Crippen LogP contribution in [0.5, 0.6) is 11.5 Å². The number of hydrogen-bond acceptors (Lipinski definition) is 4. The molecule has 1 unspecified atom stereocenters. The van der Waals surface area contributed by atoms with Crippen molar-refractivity contribution in [2.75, 3.05) is 39.3 Å². The minimum atomic E-state index is 0.359. The molecule has 1 fully saturated rings. The number of anilines is 1.